The summed E-state index contributed by atoms with van der Waals surface area (Å²) in [6, 6.07) is 0. The van der Waals surface area contributed by atoms with Gasteiger partial charge in [-0.25, -0.2) is 5.48 Å². The smallest absolute Gasteiger partial charge is 0.254 e. The Morgan fingerprint density at radius 1 is 1.50 bits per heavy atom. The molecule has 8 nitrogen and oxygen atoms in total. The van der Waals surface area contributed by atoms with Crippen LogP contribution in [-0.2, 0) is 24.0 Å². The van der Waals surface area contributed by atoms with Crippen LogP contribution in [0.15, 0.2) is 0 Å². The molecule has 8 heteroatoms. The summed E-state index contributed by atoms with van der Waals surface area (Å²) in [6.45, 7) is 2.22. The first kappa shape index (κ1) is 15.2. The second-order valence-corrected chi connectivity index (χ2v) is 6.01. The SMILES string of the molecule is O=C1C[C@@H]2OCC[C@]2(C(=O)NOCCN2CCCC2=O)CN1. The fourth-order valence-electron chi connectivity index (χ4n) is 3.31. The molecule has 22 heavy (non-hydrogen) atoms. The highest BCUT2D eigenvalue weighted by Crippen LogP contribution is 2.38. The van der Waals surface area contributed by atoms with Crippen molar-refractivity contribution in [2.24, 2.45) is 5.41 Å². The summed E-state index contributed by atoms with van der Waals surface area (Å²) in [4.78, 5) is 42.2. The van der Waals surface area contributed by atoms with Gasteiger partial charge in [0.15, 0.2) is 0 Å². The maximum Gasteiger partial charge on any atom is 0.254 e. The van der Waals surface area contributed by atoms with Crippen LogP contribution in [0.2, 0.25) is 0 Å². The van der Waals surface area contributed by atoms with E-state index in [0.717, 1.165) is 13.0 Å². The van der Waals surface area contributed by atoms with Crippen LogP contribution in [0.4, 0.5) is 0 Å². The minimum absolute atomic E-state index is 0.0937. The molecule has 3 aliphatic heterocycles. The molecule has 3 heterocycles. The number of amides is 3. The van der Waals surface area contributed by atoms with Crippen LogP contribution in [0, 0.1) is 5.41 Å². The van der Waals surface area contributed by atoms with Gasteiger partial charge >= 0.3 is 0 Å². The van der Waals surface area contributed by atoms with Crippen LogP contribution in [-0.4, -0.2) is 61.6 Å². The van der Waals surface area contributed by atoms with Crippen molar-refractivity contribution in [2.75, 3.05) is 32.8 Å². The fourth-order valence-corrected chi connectivity index (χ4v) is 3.31. The van der Waals surface area contributed by atoms with Gasteiger partial charge in [0.1, 0.15) is 0 Å². The molecule has 0 aromatic heterocycles. The number of rotatable bonds is 5. The Balaban J connectivity index is 1.47. The van der Waals surface area contributed by atoms with Crippen molar-refractivity contribution in [3.05, 3.63) is 0 Å². The lowest BCUT2D eigenvalue weighted by molar-refractivity contribution is -0.152. The molecule has 2 atom stereocenters. The van der Waals surface area contributed by atoms with Crippen molar-refractivity contribution in [3.63, 3.8) is 0 Å². The lowest BCUT2D eigenvalue weighted by atomic mass is 9.76. The summed E-state index contributed by atoms with van der Waals surface area (Å²) < 4.78 is 5.52. The van der Waals surface area contributed by atoms with Crippen LogP contribution in [0.1, 0.15) is 25.7 Å². The van der Waals surface area contributed by atoms with Gasteiger partial charge in [-0.1, -0.05) is 0 Å². The van der Waals surface area contributed by atoms with Gasteiger partial charge < -0.3 is 15.0 Å². The highest BCUT2D eigenvalue weighted by molar-refractivity contribution is 5.87. The number of ether oxygens (including phenoxy) is 1. The molecule has 3 aliphatic rings. The van der Waals surface area contributed by atoms with Crippen LogP contribution >= 0.6 is 0 Å². The highest BCUT2D eigenvalue weighted by Gasteiger charge is 2.53. The van der Waals surface area contributed by atoms with Crippen LogP contribution in [0.25, 0.3) is 0 Å². The van der Waals surface area contributed by atoms with Crippen molar-refractivity contribution in [1.29, 1.82) is 0 Å². The van der Waals surface area contributed by atoms with Gasteiger partial charge in [0, 0.05) is 32.7 Å². The summed E-state index contributed by atoms with van der Waals surface area (Å²) in [6.07, 6.45) is 1.86. The molecule has 0 aliphatic carbocycles. The lowest BCUT2D eigenvalue weighted by Gasteiger charge is -2.35. The molecule has 0 bridgehead atoms. The minimum Gasteiger partial charge on any atom is -0.376 e. The molecule has 0 aromatic rings. The van der Waals surface area contributed by atoms with Crippen molar-refractivity contribution in [1.82, 2.24) is 15.7 Å². The second kappa shape index (κ2) is 6.21. The monoisotopic (exact) mass is 311 g/mol. The Kier molecular flexibility index (Phi) is 4.30. The predicted molar refractivity (Wildman–Crippen MR) is 74.3 cm³/mol. The van der Waals surface area contributed by atoms with Crippen molar-refractivity contribution >= 4 is 17.7 Å². The summed E-state index contributed by atoms with van der Waals surface area (Å²) in [7, 11) is 0. The van der Waals surface area contributed by atoms with Crippen molar-refractivity contribution < 1.29 is 24.0 Å². The van der Waals surface area contributed by atoms with E-state index >= 15 is 0 Å². The quantitative estimate of drug-likeness (QED) is 0.499. The number of carbonyl (C=O) groups excluding carboxylic acids is 3. The predicted octanol–water partition coefficient (Wildman–Crippen LogP) is -1.05. The van der Waals surface area contributed by atoms with Gasteiger partial charge in [-0.05, 0) is 12.8 Å². The van der Waals surface area contributed by atoms with E-state index in [-0.39, 0.29) is 43.4 Å². The molecule has 0 saturated carbocycles. The van der Waals surface area contributed by atoms with Crippen LogP contribution in [0.5, 0.6) is 0 Å². The Hall–Kier alpha value is -1.67. The zero-order valence-electron chi connectivity index (χ0n) is 12.4. The molecule has 0 spiro atoms. The van der Waals surface area contributed by atoms with Gasteiger partial charge in [0.2, 0.25) is 11.8 Å². The maximum absolute atomic E-state index is 12.4. The summed E-state index contributed by atoms with van der Waals surface area (Å²) in [5.74, 6) is -0.223. The van der Waals surface area contributed by atoms with E-state index in [2.05, 4.69) is 10.8 Å². The van der Waals surface area contributed by atoms with Gasteiger partial charge in [0.25, 0.3) is 5.91 Å². The van der Waals surface area contributed by atoms with E-state index in [1.165, 1.54) is 0 Å². The number of fused-ring (bicyclic) bond motifs is 1. The van der Waals surface area contributed by atoms with E-state index in [0.29, 0.717) is 26.0 Å². The first-order valence-electron chi connectivity index (χ1n) is 7.70. The molecule has 3 fully saturated rings. The van der Waals surface area contributed by atoms with Gasteiger partial charge in [0.05, 0.1) is 24.5 Å². The number of nitrogens with one attached hydrogen (secondary N) is 2. The molecule has 0 aromatic carbocycles. The second-order valence-electron chi connectivity index (χ2n) is 6.01. The highest BCUT2D eigenvalue weighted by atomic mass is 16.7. The average molecular weight is 311 g/mol. The lowest BCUT2D eigenvalue weighted by Crippen LogP contribution is -2.57. The van der Waals surface area contributed by atoms with E-state index in [1.807, 2.05) is 0 Å². The molecule has 122 valence electrons. The molecule has 0 unspecified atom stereocenters. The standard InChI is InChI=1S/C14H21N3O5/c18-11-8-10-14(9-15-11,3-6-21-10)13(20)16-22-7-5-17-4-1-2-12(17)19/h10H,1-9H2,(H,15,18)(H,16,20)/t10-,14-/m0/s1. The van der Waals surface area contributed by atoms with E-state index < -0.39 is 5.41 Å². The fraction of sp³-hybridized carbons (Fsp3) is 0.786. The van der Waals surface area contributed by atoms with E-state index in [4.69, 9.17) is 9.57 Å². The third kappa shape index (κ3) is 2.80. The molecule has 3 rings (SSSR count). The molecule has 3 saturated heterocycles. The minimum atomic E-state index is -0.739. The average Bonchev–Trinajstić information content (AvgIpc) is 3.10. The Bertz CT molecular complexity index is 483. The number of hydrogen-bond acceptors (Lipinski definition) is 5. The number of hydrogen-bond donors (Lipinski definition) is 2. The van der Waals surface area contributed by atoms with Crippen LogP contribution in [0.3, 0.4) is 0 Å². The molecule has 3 amide bonds. The normalized spacial score (nSPS) is 31.1. The molecular formula is C14H21N3O5. The first-order chi connectivity index (χ1) is 10.6. The number of nitrogens with zero attached hydrogens (tertiary/aromatic N) is 1. The summed E-state index contributed by atoms with van der Waals surface area (Å²) in [5, 5.41) is 2.73. The van der Waals surface area contributed by atoms with Gasteiger partial charge in [-0.3, -0.25) is 19.2 Å². The Morgan fingerprint density at radius 2 is 2.36 bits per heavy atom. The van der Waals surface area contributed by atoms with E-state index in [1.54, 1.807) is 4.90 Å². The third-order valence-electron chi connectivity index (χ3n) is 4.71. The number of likely N-dealkylation sites (tertiary alicyclic amines) is 1. The molecular weight excluding hydrogens is 290 g/mol. The Morgan fingerprint density at radius 3 is 3.14 bits per heavy atom. The van der Waals surface area contributed by atoms with Crippen molar-refractivity contribution in [3.8, 4) is 0 Å². The maximum atomic E-state index is 12.4. The number of hydroxylamine groups is 1. The summed E-state index contributed by atoms with van der Waals surface area (Å²) in [5.41, 5.74) is 1.72. The third-order valence-corrected chi connectivity index (χ3v) is 4.71. The van der Waals surface area contributed by atoms with Gasteiger partial charge in [-0.2, -0.15) is 0 Å². The number of carbonyl (C=O) groups is 3. The molecule has 2 N–H and O–H groups in total. The van der Waals surface area contributed by atoms with Crippen LogP contribution < -0.4 is 10.8 Å². The van der Waals surface area contributed by atoms with Crippen molar-refractivity contribution in [2.45, 2.75) is 31.8 Å². The Labute approximate surface area is 128 Å². The number of piperidine rings is 1. The first-order valence-corrected chi connectivity index (χ1v) is 7.70. The molecule has 0 radical (unpaired) electrons. The largest absolute Gasteiger partial charge is 0.376 e. The van der Waals surface area contributed by atoms with E-state index in [9.17, 15) is 14.4 Å². The zero-order valence-corrected chi connectivity index (χ0v) is 12.4. The van der Waals surface area contributed by atoms with Gasteiger partial charge in [-0.15, -0.1) is 0 Å². The zero-order chi connectivity index (χ0) is 15.6. The summed E-state index contributed by atoms with van der Waals surface area (Å²) >= 11 is 0. The topological polar surface area (TPSA) is 97.0 Å².